The molecule has 0 radical (unpaired) electrons. The van der Waals surface area contributed by atoms with Gasteiger partial charge in [-0.2, -0.15) is 0 Å². The second kappa shape index (κ2) is 5.11. The Morgan fingerprint density at radius 2 is 1.89 bits per heavy atom. The molecule has 0 N–H and O–H groups in total. The van der Waals surface area contributed by atoms with Crippen LogP contribution in [0, 0.1) is 0 Å². The fourth-order valence-corrected chi connectivity index (χ4v) is 11.9. The largest absolute Gasteiger partial charge is 0.131 e. The van der Waals surface area contributed by atoms with Crippen molar-refractivity contribution in [3.05, 3.63) is 5.38 Å². The predicted octanol–water partition coefficient (Wildman–Crippen LogP) is 4.59. The number of thiol groups is 1. The second-order valence-electron chi connectivity index (χ2n) is 0.908. The Morgan fingerprint density at radius 3 is 2.78 bits per heavy atom. The summed E-state index contributed by atoms with van der Waals surface area (Å²) in [5.41, 5.74) is 0. The summed E-state index contributed by atoms with van der Waals surface area (Å²) in [6.45, 7) is 0. The van der Waals surface area contributed by atoms with Crippen LogP contribution in [0.2, 0.25) is 0 Å². The lowest BCUT2D eigenvalue weighted by molar-refractivity contribution is 1.86. The molecule has 1 rings (SSSR count). The lowest BCUT2D eigenvalue weighted by Crippen LogP contribution is -1.36. The fraction of sp³-hybridized carbons (Fsp3) is 0. The van der Waals surface area contributed by atoms with E-state index in [-0.39, 0.29) is 0 Å². The summed E-state index contributed by atoms with van der Waals surface area (Å²) >= 11 is 4.22. The Labute approximate surface area is 79.4 Å². The molecular formula is C2H2S7. The predicted molar refractivity (Wildman–Crippen MR) is 56.2 cm³/mol. The van der Waals surface area contributed by atoms with Gasteiger partial charge in [0.05, 0.1) is 4.21 Å². The first kappa shape index (κ1) is 8.51. The van der Waals surface area contributed by atoms with E-state index in [1.54, 1.807) is 58.1 Å². The first-order valence-electron chi connectivity index (χ1n) is 1.79. The molecule has 0 aromatic carbocycles. The van der Waals surface area contributed by atoms with Crippen LogP contribution in [0.1, 0.15) is 0 Å². The highest BCUT2D eigenvalue weighted by atomic mass is 33.5. The molecule has 1 aromatic rings. The Hall–Kier alpha value is 1.41. The van der Waals surface area contributed by atoms with Crippen LogP contribution in [0.25, 0.3) is 0 Å². The van der Waals surface area contributed by atoms with E-state index >= 15 is 0 Å². The minimum Gasteiger partial charge on any atom is -0.131 e. The molecule has 0 unspecified atom stereocenters. The SMILES string of the molecule is Sc1cssssss1. The van der Waals surface area contributed by atoms with Crippen LogP contribution in [0.4, 0.5) is 0 Å². The van der Waals surface area contributed by atoms with Crippen molar-refractivity contribution in [1.82, 2.24) is 0 Å². The first-order chi connectivity index (χ1) is 4.39. The van der Waals surface area contributed by atoms with E-state index in [1.165, 1.54) is 0 Å². The van der Waals surface area contributed by atoms with Crippen LogP contribution in [0.15, 0.2) is 9.59 Å². The summed E-state index contributed by atoms with van der Waals surface area (Å²) in [4.78, 5) is 0. The van der Waals surface area contributed by atoms with Crippen molar-refractivity contribution in [2.24, 2.45) is 0 Å². The fourth-order valence-electron chi connectivity index (χ4n) is 0.168. The van der Waals surface area contributed by atoms with Crippen LogP contribution < -0.4 is 0 Å². The zero-order chi connectivity index (χ0) is 6.53. The molecule has 0 fully saturated rings. The van der Waals surface area contributed by atoms with Crippen molar-refractivity contribution < 1.29 is 0 Å². The molecule has 0 saturated carbocycles. The quantitative estimate of drug-likeness (QED) is 0.505. The number of hydrogen-bond acceptors (Lipinski definition) is 7. The van der Waals surface area contributed by atoms with Crippen molar-refractivity contribution >= 4 is 70.7 Å². The summed E-state index contributed by atoms with van der Waals surface area (Å²) in [5, 5.41) is 2.05. The minimum atomic E-state index is 1.09. The Balaban J connectivity index is 3.08. The van der Waals surface area contributed by atoms with Gasteiger partial charge in [-0.15, -0.1) is 12.6 Å². The van der Waals surface area contributed by atoms with Gasteiger partial charge >= 0.3 is 0 Å². The third kappa shape index (κ3) is 3.97. The van der Waals surface area contributed by atoms with Gasteiger partial charge < -0.3 is 0 Å². The molecule has 0 nitrogen and oxygen atoms in total. The van der Waals surface area contributed by atoms with Gasteiger partial charge in [0, 0.05) is 5.38 Å². The average molecular weight is 251 g/mol. The summed E-state index contributed by atoms with van der Waals surface area (Å²) in [7, 11) is 10.5. The van der Waals surface area contributed by atoms with Gasteiger partial charge in [-0.3, -0.25) is 0 Å². The molecule has 9 heavy (non-hydrogen) atoms. The lowest BCUT2D eigenvalue weighted by atomic mass is 11.1. The first-order valence-corrected chi connectivity index (χ1v) is 9.78. The molecule has 0 amide bonds. The summed E-state index contributed by atoms with van der Waals surface area (Å²) < 4.78 is 1.09. The highest BCUT2D eigenvalue weighted by Gasteiger charge is 1.75. The van der Waals surface area contributed by atoms with Crippen molar-refractivity contribution in [3.8, 4) is 0 Å². The Bertz CT molecular complexity index is 189. The zero-order valence-electron chi connectivity index (χ0n) is 3.97. The molecule has 52 valence electrons. The molecule has 0 aliphatic rings. The molecule has 0 aliphatic carbocycles. The molecule has 0 saturated heterocycles. The summed E-state index contributed by atoms with van der Waals surface area (Å²) in [6, 6.07) is 0. The van der Waals surface area contributed by atoms with Gasteiger partial charge in [0.25, 0.3) is 0 Å². The summed E-state index contributed by atoms with van der Waals surface area (Å²) in [5.74, 6) is 0. The van der Waals surface area contributed by atoms with E-state index in [4.69, 9.17) is 0 Å². The highest BCUT2D eigenvalue weighted by molar-refractivity contribution is 8.19. The normalized spacial score (nSPS) is 8.56. The van der Waals surface area contributed by atoms with Gasteiger partial charge in [0.1, 0.15) is 0 Å². The van der Waals surface area contributed by atoms with Crippen LogP contribution in [-0.2, 0) is 0 Å². The van der Waals surface area contributed by atoms with Crippen molar-refractivity contribution in [1.29, 1.82) is 0 Å². The van der Waals surface area contributed by atoms with Crippen molar-refractivity contribution in [2.75, 3.05) is 0 Å². The maximum Gasteiger partial charge on any atom is 0.0790 e. The second-order valence-corrected chi connectivity index (χ2v) is 10.9. The van der Waals surface area contributed by atoms with E-state index in [0.717, 1.165) is 4.21 Å². The third-order valence-corrected chi connectivity index (χ3v) is 11.5. The van der Waals surface area contributed by atoms with Crippen molar-refractivity contribution in [2.45, 2.75) is 4.21 Å². The molecule has 0 bridgehead atoms. The number of rotatable bonds is 0. The summed E-state index contributed by atoms with van der Waals surface area (Å²) in [6.07, 6.45) is 0. The van der Waals surface area contributed by atoms with Gasteiger partial charge in [0.2, 0.25) is 0 Å². The zero-order valence-corrected chi connectivity index (χ0v) is 9.77. The molecule has 1 aromatic heterocycles. The smallest absolute Gasteiger partial charge is 0.0790 e. The van der Waals surface area contributed by atoms with Crippen LogP contribution >= 0.6 is 70.7 Å². The Kier molecular flexibility index (Phi) is 4.83. The molecule has 0 atom stereocenters. The van der Waals surface area contributed by atoms with Gasteiger partial charge in [0.15, 0.2) is 0 Å². The number of hydrogen-bond donors (Lipinski definition) is 1. The standard InChI is InChI=1S/C2H2S7/c3-2-1-4-6-8-9-7-5-2/h1,3H. The molecule has 0 spiro atoms. The lowest BCUT2D eigenvalue weighted by Gasteiger charge is -1.75. The van der Waals surface area contributed by atoms with E-state index in [0.29, 0.717) is 0 Å². The molecule has 1 heterocycles. The van der Waals surface area contributed by atoms with E-state index < -0.39 is 0 Å². The van der Waals surface area contributed by atoms with E-state index in [1.807, 2.05) is 0 Å². The van der Waals surface area contributed by atoms with Gasteiger partial charge in [-0.1, -0.05) is 20.7 Å². The van der Waals surface area contributed by atoms with Crippen LogP contribution in [-0.4, -0.2) is 0 Å². The monoisotopic (exact) mass is 250 g/mol. The highest BCUT2D eigenvalue weighted by Crippen LogP contribution is 2.24. The van der Waals surface area contributed by atoms with E-state index in [9.17, 15) is 0 Å². The van der Waals surface area contributed by atoms with Crippen LogP contribution in [0.3, 0.4) is 0 Å². The minimum absolute atomic E-state index is 1.09. The van der Waals surface area contributed by atoms with Gasteiger partial charge in [-0.25, -0.2) is 0 Å². The van der Waals surface area contributed by atoms with Crippen LogP contribution in [0.5, 0.6) is 0 Å². The maximum atomic E-state index is 4.22. The molecule has 7 heteroatoms. The molecule has 0 aliphatic heterocycles. The maximum absolute atomic E-state index is 4.22. The Morgan fingerprint density at radius 1 is 1.11 bits per heavy atom. The van der Waals surface area contributed by atoms with Crippen molar-refractivity contribution in [3.63, 3.8) is 0 Å². The van der Waals surface area contributed by atoms with E-state index in [2.05, 4.69) is 18.0 Å². The topological polar surface area (TPSA) is 0 Å². The molecular weight excluding hydrogens is 248 g/mol. The van der Waals surface area contributed by atoms with Gasteiger partial charge in [-0.05, 0) is 37.4 Å². The average Bonchev–Trinajstić information content (AvgIpc) is 1.79. The third-order valence-electron chi connectivity index (χ3n) is 0.391.